The van der Waals surface area contributed by atoms with Gasteiger partial charge in [-0.2, -0.15) is 0 Å². The molecule has 0 radical (unpaired) electrons. The molecule has 17 heavy (non-hydrogen) atoms. The normalized spacial score (nSPS) is 13.6. The van der Waals surface area contributed by atoms with Gasteiger partial charge in [0.2, 0.25) is 0 Å². The van der Waals surface area contributed by atoms with E-state index in [4.69, 9.17) is 14.6 Å². The summed E-state index contributed by atoms with van der Waals surface area (Å²) < 4.78 is 10.6. The maximum Gasteiger partial charge on any atom is 0.331 e. The van der Waals surface area contributed by atoms with E-state index in [1.165, 1.54) is 12.5 Å². The lowest BCUT2D eigenvalue weighted by molar-refractivity contribution is -0.132. The Kier molecular flexibility index (Phi) is 3.14. The summed E-state index contributed by atoms with van der Waals surface area (Å²) in [7, 11) is 0. The molecule has 4 heteroatoms. The molecule has 0 atom stereocenters. The lowest BCUT2D eigenvalue weighted by atomic mass is 10.1. The maximum absolute atomic E-state index is 10.9. The van der Waals surface area contributed by atoms with E-state index in [-0.39, 0.29) is 0 Å². The minimum Gasteiger partial charge on any atom is -0.478 e. The summed E-state index contributed by atoms with van der Waals surface area (Å²) in [6.45, 7) is 1.80. The van der Waals surface area contributed by atoms with Crippen LogP contribution in [0.4, 0.5) is 0 Å². The number of hydrogen-bond acceptors (Lipinski definition) is 3. The van der Waals surface area contributed by atoms with Crippen LogP contribution in [0.1, 0.15) is 18.9 Å². The Morgan fingerprint density at radius 2 is 2.12 bits per heavy atom. The van der Waals surface area contributed by atoms with E-state index in [1.54, 1.807) is 31.2 Å². The Bertz CT molecular complexity index is 500. The number of ether oxygens (including phenoxy) is 2. The molecule has 0 saturated carbocycles. The molecule has 1 aliphatic rings. The maximum atomic E-state index is 10.9. The van der Waals surface area contributed by atoms with Gasteiger partial charge in [-0.15, -0.1) is 0 Å². The molecule has 0 fully saturated rings. The molecule has 4 nitrogen and oxygen atoms in total. The fourth-order valence-electron chi connectivity index (χ4n) is 1.57. The van der Waals surface area contributed by atoms with Gasteiger partial charge in [-0.1, -0.05) is 19.1 Å². The molecule has 0 spiro atoms. The van der Waals surface area contributed by atoms with Gasteiger partial charge in [-0.25, -0.2) is 4.79 Å². The van der Waals surface area contributed by atoms with E-state index in [1.807, 2.05) is 0 Å². The molecule has 0 saturated heterocycles. The number of carbonyl (C=O) groups is 1. The van der Waals surface area contributed by atoms with Crippen molar-refractivity contribution in [2.45, 2.75) is 13.3 Å². The molecule has 0 aromatic heterocycles. The third-order valence-electron chi connectivity index (χ3n) is 2.43. The zero-order valence-corrected chi connectivity index (χ0v) is 9.34. The van der Waals surface area contributed by atoms with Crippen LogP contribution in [0, 0.1) is 0 Å². The molecule has 1 aromatic rings. The zero-order valence-electron chi connectivity index (χ0n) is 9.34. The predicted octanol–water partition coefficient (Wildman–Crippen LogP) is 2.81. The first-order chi connectivity index (χ1) is 8.22. The van der Waals surface area contributed by atoms with Crippen LogP contribution in [-0.4, -0.2) is 11.1 Å². The van der Waals surface area contributed by atoms with Gasteiger partial charge in [0.15, 0.2) is 11.5 Å². The van der Waals surface area contributed by atoms with Gasteiger partial charge >= 0.3 is 5.97 Å². The number of carboxylic acid groups (broad SMARTS) is 1. The highest BCUT2D eigenvalue weighted by Crippen LogP contribution is 2.35. The van der Waals surface area contributed by atoms with Gasteiger partial charge in [0, 0.05) is 11.1 Å². The first kappa shape index (κ1) is 11.3. The van der Waals surface area contributed by atoms with Crippen LogP contribution in [0.15, 0.2) is 36.3 Å². The van der Waals surface area contributed by atoms with Gasteiger partial charge in [0.05, 0.1) is 0 Å². The molecule has 1 heterocycles. The lowest BCUT2D eigenvalue weighted by Gasteiger charge is -2.14. The first-order valence-electron chi connectivity index (χ1n) is 5.27. The number of para-hydroxylation sites is 1. The summed E-state index contributed by atoms with van der Waals surface area (Å²) in [6.07, 6.45) is 4.92. The first-order valence-corrected chi connectivity index (χ1v) is 5.27. The predicted molar refractivity (Wildman–Crippen MR) is 62.7 cm³/mol. The molecule has 88 valence electrons. The van der Waals surface area contributed by atoms with Crippen LogP contribution in [0.25, 0.3) is 6.08 Å². The van der Waals surface area contributed by atoms with Crippen LogP contribution in [-0.2, 0) is 4.79 Å². The van der Waals surface area contributed by atoms with Gasteiger partial charge in [0.25, 0.3) is 0 Å². The molecule has 1 aromatic carbocycles. The summed E-state index contributed by atoms with van der Waals surface area (Å²) in [6, 6.07) is 5.35. The van der Waals surface area contributed by atoms with E-state index in [2.05, 4.69) is 0 Å². The lowest BCUT2D eigenvalue weighted by Crippen LogP contribution is -2.01. The average molecular weight is 232 g/mol. The largest absolute Gasteiger partial charge is 0.478 e. The second kappa shape index (κ2) is 4.74. The van der Waals surface area contributed by atoms with E-state index >= 15 is 0 Å². The summed E-state index contributed by atoms with van der Waals surface area (Å²) in [5, 5.41) is 8.98. The van der Waals surface area contributed by atoms with Crippen molar-refractivity contribution < 1.29 is 19.4 Å². The molecule has 1 N–H and O–H groups in total. The summed E-state index contributed by atoms with van der Waals surface area (Å²) >= 11 is 0. The van der Waals surface area contributed by atoms with Crippen LogP contribution >= 0.6 is 0 Å². The number of hydrogen-bond donors (Lipinski definition) is 1. The van der Waals surface area contributed by atoms with Gasteiger partial charge in [-0.3, -0.25) is 0 Å². The molecule has 0 aliphatic carbocycles. The SMILES string of the molecule is CC/C(=C\c1cccc2c1OC=CO2)C(=O)O. The quantitative estimate of drug-likeness (QED) is 0.814. The van der Waals surface area contributed by atoms with E-state index in [9.17, 15) is 4.79 Å². The van der Waals surface area contributed by atoms with Crippen molar-refractivity contribution in [2.24, 2.45) is 0 Å². The minimum absolute atomic E-state index is 0.330. The third-order valence-corrected chi connectivity index (χ3v) is 2.43. The second-order valence-electron chi connectivity index (χ2n) is 3.51. The van der Waals surface area contributed by atoms with Crippen molar-refractivity contribution in [3.63, 3.8) is 0 Å². The third kappa shape index (κ3) is 2.30. The topological polar surface area (TPSA) is 55.8 Å². The van der Waals surface area contributed by atoms with Crippen molar-refractivity contribution in [2.75, 3.05) is 0 Å². The van der Waals surface area contributed by atoms with Crippen LogP contribution in [0.5, 0.6) is 11.5 Å². The van der Waals surface area contributed by atoms with Crippen molar-refractivity contribution in [3.8, 4) is 11.5 Å². The minimum atomic E-state index is -0.919. The zero-order chi connectivity index (χ0) is 12.3. The Balaban J connectivity index is 2.44. The van der Waals surface area contributed by atoms with Crippen molar-refractivity contribution in [3.05, 3.63) is 41.9 Å². The molecule has 0 unspecified atom stereocenters. The Morgan fingerprint density at radius 3 is 2.82 bits per heavy atom. The molecular weight excluding hydrogens is 220 g/mol. The molecule has 0 amide bonds. The van der Waals surface area contributed by atoms with Gasteiger partial charge < -0.3 is 14.6 Å². The number of fused-ring (bicyclic) bond motifs is 1. The standard InChI is InChI=1S/C13H12O4/c1-2-9(13(14)15)8-10-4-3-5-11-12(10)17-7-6-16-11/h3-8H,2H2,1H3,(H,14,15)/b9-8+. The van der Waals surface area contributed by atoms with Crippen LogP contribution in [0.3, 0.4) is 0 Å². The molecular formula is C13H12O4. The number of rotatable bonds is 3. The summed E-state index contributed by atoms with van der Waals surface area (Å²) in [5.41, 5.74) is 1.03. The Morgan fingerprint density at radius 1 is 1.35 bits per heavy atom. The highest BCUT2D eigenvalue weighted by Gasteiger charge is 2.13. The highest BCUT2D eigenvalue weighted by atomic mass is 16.5. The van der Waals surface area contributed by atoms with Crippen LogP contribution < -0.4 is 9.47 Å². The average Bonchev–Trinajstić information content (AvgIpc) is 2.35. The van der Waals surface area contributed by atoms with Crippen molar-refractivity contribution in [1.29, 1.82) is 0 Å². The Hall–Kier alpha value is -2.23. The van der Waals surface area contributed by atoms with Crippen molar-refractivity contribution >= 4 is 12.0 Å². The molecule has 2 rings (SSSR count). The second-order valence-corrected chi connectivity index (χ2v) is 3.51. The fraction of sp³-hybridized carbons (Fsp3) is 0.154. The number of aliphatic carboxylic acids is 1. The van der Waals surface area contributed by atoms with E-state index in [0.29, 0.717) is 29.1 Å². The number of carboxylic acids is 1. The monoisotopic (exact) mass is 232 g/mol. The van der Waals surface area contributed by atoms with E-state index in [0.717, 1.165) is 0 Å². The molecule has 1 aliphatic heterocycles. The summed E-state index contributed by atoms with van der Waals surface area (Å²) in [5.74, 6) is 0.210. The molecule has 0 bridgehead atoms. The Labute approximate surface area is 98.8 Å². The van der Waals surface area contributed by atoms with Crippen molar-refractivity contribution in [1.82, 2.24) is 0 Å². The smallest absolute Gasteiger partial charge is 0.331 e. The summed E-state index contributed by atoms with van der Waals surface area (Å²) in [4.78, 5) is 10.9. The van der Waals surface area contributed by atoms with Gasteiger partial charge in [0.1, 0.15) is 12.5 Å². The highest BCUT2D eigenvalue weighted by molar-refractivity contribution is 5.92. The van der Waals surface area contributed by atoms with Crippen LogP contribution in [0.2, 0.25) is 0 Å². The fourth-order valence-corrected chi connectivity index (χ4v) is 1.57. The van der Waals surface area contributed by atoms with E-state index < -0.39 is 5.97 Å². The number of benzene rings is 1. The van der Waals surface area contributed by atoms with Gasteiger partial charge in [-0.05, 0) is 18.6 Å².